The molecule has 0 spiro atoms. The zero-order valence-corrected chi connectivity index (χ0v) is 20.3. The van der Waals surface area contributed by atoms with E-state index in [-0.39, 0.29) is 17.7 Å². The molecule has 0 aliphatic carbocycles. The third-order valence-corrected chi connectivity index (χ3v) is 5.19. The quantitative estimate of drug-likeness (QED) is 0.211. The first-order valence-corrected chi connectivity index (χ1v) is 11.4. The Bertz CT molecular complexity index is 1070. The van der Waals surface area contributed by atoms with Gasteiger partial charge in [0.25, 0.3) is 0 Å². The minimum Gasteiger partial charge on any atom is -0.428 e. The van der Waals surface area contributed by atoms with Crippen molar-refractivity contribution >= 4 is 6.03 Å². The maximum Gasteiger partial charge on any atom is 0.461 e. The first-order valence-electron chi connectivity index (χ1n) is 11.4. The van der Waals surface area contributed by atoms with Gasteiger partial charge in [0.1, 0.15) is 17.4 Å². The number of halogens is 9. The Kier molecular flexibility index (Phi) is 11.3. The molecule has 0 radical (unpaired) electrons. The summed E-state index contributed by atoms with van der Waals surface area (Å²) in [6.45, 7) is 1.09. The smallest absolute Gasteiger partial charge is 0.428 e. The van der Waals surface area contributed by atoms with Crippen LogP contribution in [-0.2, 0) is 4.74 Å². The van der Waals surface area contributed by atoms with Crippen molar-refractivity contribution in [2.45, 2.75) is 56.7 Å². The largest absolute Gasteiger partial charge is 0.461 e. The van der Waals surface area contributed by atoms with Crippen LogP contribution in [0.4, 0.5) is 44.3 Å². The number of nitrogens with one attached hydrogen (secondary N) is 2. The zero-order chi connectivity index (χ0) is 29.4. The number of ether oxygens (including phenoxy) is 2. The van der Waals surface area contributed by atoms with Crippen molar-refractivity contribution in [1.29, 1.82) is 0 Å². The fraction of sp³-hybridized carbons (Fsp3) is 0.458. The van der Waals surface area contributed by atoms with Gasteiger partial charge in [0.2, 0.25) is 0 Å². The molecule has 2 aromatic carbocycles. The molecule has 6 nitrogen and oxygen atoms in total. The van der Waals surface area contributed by atoms with Crippen LogP contribution in [0.5, 0.6) is 5.75 Å². The van der Waals surface area contributed by atoms with E-state index in [2.05, 4.69) is 10.1 Å². The highest BCUT2D eigenvalue weighted by Crippen LogP contribution is 2.32. The van der Waals surface area contributed by atoms with Gasteiger partial charge < -0.3 is 25.2 Å². The minimum absolute atomic E-state index is 0.00386. The number of carbonyl (C=O) groups is 1. The van der Waals surface area contributed by atoms with Gasteiger partial charge in [0.15, 0.2) is 6.10 Å². The molecule has 2 rings (SSSR count). The van der Waals surface area contributed by atoms with E-state index in [0.717, 1.165) is 24.3 Å². The molecule has 0 fully saturated rings. The number of benzene rings is 2. The number of urea groups is 1. The standard InChI is InChI=1S/C24H25F9N2O4/c1-2-3-8-38-12-18(20(36)23(29,30)31)34-22(37)35-19(13-4-6-15(25)7-5-13)14-9-16(26)11-17(10-14)39-24(32,33)21(27)28/h4-7,9-11,18-21,36H,2-3,8,12H2,1H3,(H2,34,35,37)/t18-,19-,20-/m1/s1. The van der Waals surface area contributed by atoms with Crippen LogP contribution in [0.2, 0.25) is 0 Å². The van der Waals surface area contributed by atoms with Crippen LogP contribution in [0, 0.1) is 11.6 Å². The van der Waals surface area contributed by atoms with Crippen molar-refractivity contribution in [3.63, 3.8) is 0 Å². The van der Waals surface area contributed by atoms with E-state index in [4.69, 9.17) is 4.74 Å². The highest BCUT2D eigenvalue weighted by atomic mass is 19.4. The zero-order valence-electron chi connectivity index (χ0n) is 20.3. The van der Waals surface area contributed by atoms with Gasteiger partial charge in [0.05, 0.1) is 18.7 Å². The molecule has 0 heterocycles. The normalized spacial score (nSPS) is 14.6. The second-order valence-corrected chi connectivity index (χ2v) is 8.31. The van der Waals surface area contributed by atoms with Gasteiger partial charge in [-0.3, -0.25) is 0 Å². The number of hydrogen-bond acceptors (Lipinski definition) is 4. The number of hydrogen-bond donors (Lipinski definition) is 3. The molecule has 15 heteroatoms. The van der Waals surface area contributed by atoms with Gasteiger partial charge in [0, 0.05) is 12.7 Å². The van der Waals surface area contributed by atoms with E-state index in [1.807, 2.05) is 5.32 Å². The number of aliphatic hydroxyl groups is 1. The molecule has 0 bridgehead atoms. The Balaban J connectivity index is 2.38. The molecule has 3 atom stereocenters. The van der Waals surface area contributed by atoms with Gasteiger partial charge in [-0.25, -0.2) is 13.6 Å². The summed E-state index contributed by atoms with van der Waals surface area (Å²) in [5.41, 5.74) is -0.375. The van der Waals surface area contributed by atoms with E-state index >= 15 is 0 Å². The van der Waals surface area contributed by atoms with E-state index < -0.39 is 66.9 Å². The summed E-state index contributed by atoms with van der Waals surface area (Å²) in [6.07, 6.45) is -16.3. The summed E-state index contributed by atoms with van der Waals surface area (Å²) in [5, 5.41) is 13.8. The molecule has 218 valence electrons. The first-order chi connectivity index (χ1) is 18.1. The third-order valence-electron chi connectivity index (χ3n) is 5.19. The van der Waals surface area contributed by atoms with Crippen LogP contribution < -0.4 is 15.4 Å². The molecule has 0 saturated carbocycles. The molecule has 0 saturated heterocycles. The fourth-order valence-electron chi connectivity index (χ4n) is 3.26. The number of carbonyl (C=O) groups excluding carboxylic acids is 1. The maximum absolute atomic E-state index is 14.3. The highest BCUT2D eigenvalue weighted by molar-refractivity contribution is 5.75. The number of rotatable bonds is 13. The maximum atomic E-state index is 14.3. The molecule has 0 aromatic heterocycles. The van der Waals surface area contributed by atoms with Gasteiger partial charge in [-0.15, -0.1) is 0 Å². The fourth-order valence-corrected chi connectivity index (χ4v) is 3.26. The predicted octanol–water partition coefficient (Wildman–Crippen LogP) is 5.70. The second kappa shape index (κ2) is 13.7. The number of aliphatic hydroxyl groups excluding tert-OH is 1. The molecule has 0 unspecified atom stereocenters. The second-order valence-electron chi connectivity index (χ2n) is 8.31. The predicted molar refractivity (Wildman–Crippen MR) is 119 cm³/mol. The Morgan fingerprint density at radius 1 is 0.949 bits per heavy atom. The van der Waals surface area contributed by atoms with Crippen molar-refractivity contribution in [2.24, 2.45) is 0 Å². The number of unbranched alkanes of at least 4 members (excludes halogenated alkanes) is 1. The first kappa shape index (κ1) is 32.0. The van der Waals surface area contributed by atoms with E-state index in [1.54, 1.807) is 6.92 Å². The van der Waals surface area contributed by atoms with Crippen LogP contribution in [0.25, 0.3) is 0 Å². The van der Waals surface area contributed by atoms with Gasteiger partial charge in [-0.05, 0) is 41.8 Å². The molecule has 39 heavy (non-hydrogen) atoms. The van der Waals surface area contributed by atoms with Crippen LogP contribution in [0.15, 0.2) is 42.5 Å². The monoisotopic (exact) mass is 576 g/mol. The van der Waals surface area contributed by atoms with Crippen LogP contribution >= 0.6 is 0 Å². The molecular weight excluding hydrogens is 551 g/mol. The Morgan fingerprint density at radius 2 is 1.59 bits per heavy atom. The lowest BCUT2D eigenvalue weighted by Crippen LogP contribution is -2.55. The number of amides is 2. The van der Waals surface area contributed by atoms with Gasteiger partial charge in [-0.1, -0.05) is 25.5 Å². The molecule has 2 amide bonds. The lowest BCUT2D eigenvalue weighted by Gasteiger charge is -2.28. The molecule has 2 aromatic rings. The van der Waals surface area contributed by atoms with Crippen molar-refractivity contribution < 1.29 is 58.9 Å². The van der Waals surface area contributed by atoms with Crippen molar-refractivity contribution in [1.82, 2.24) is 10.6 Å². The Labute approximate surface area is 217 Å². The SMILES string of the molecule is CCCCOC[C@@H](NC(=O)N[C@H](c1ccc(F)cc1)c1cc(F)cc(OC(F)(F)C(F)F)c1)[C@@H](O)C(F)(F)F. The summed E-state index contributed by atoms with van der Waals surface area (Å²) in [4.78, 5) is 12.7. The van der Waals surface area contributed by atoms with Crippen LogP contribution in [0.1, 0.15) is 36.9 Å². The average Bonchev–Trinajstić information content (AvgIpc) is 2.83. The van der Waals surface area contributed by atoms with E-state index in [0.29, 0.717) is 31.0 Å². The number of alkyl halides is 7. The van der Waals surface area contributed by atoms with Crippen LogP contribution in [0.3, 0.4) is 0 Å². The van der Waals surface area contributed by atoms with Crippen molar-refractivity contribution in [3.05, 3.63) is 65.2 Å². The Hall–Kier alpha value is -3.20. The Morgan fingerprint density at radius 3 is 2.15 bits per heavy atom. The molecular formula is C24H25F9N2O4. The van der Waals surface area contributed by atoms with E-state index in [9.17, 15) is 49.4 Å². The molecule has 0 aliphatic rings. The van der Waals surface area contributed by atoms with Crippen molar-refractivity contribution in [2.75, 3.05) is 13.2 Å². The lowest BCUT2D eigenvalue weighted by molar-refractivity contribution is -0.253. The van der Waals surface area contributed by atoms with Gasteiger partial charge >= 0.3 is 24.7 Å². The third kappa shape index (κ3) is 9.80. The summed E-state index contributed by atoms with van der Waals surface area (Å²) in [6, 6.07) is 0.904. The topological polar surface area (TPSA) is 79.8 Å². The molecule has 0 aliphatic heterocycles. The highest BCUT2D eigenvalue weighted by Gasteiger charge is 2.45. The summed E-state index contributed by atoms with van der Waals surface area (Å²) in [5.74, 6) is -3.05. The molecule has 3 N–H and O–H groups in total. The van der Waals surface area contributed by atoms with Crippen LogP contribution in [-0.4, -0.2) is 55.2 Å². The average molecular weight is 576 g/mol. The van der Waals surface area contributed by atoms with E-state index in [1.165, 1.54) is 0 Å². The van der Waals surface area contributed by atoms with Crippen molar-refractivity contribution in [3.8, 4) is 5.75 Å². The summed E-state index contributed by atoms with van der Waals surface area (Å²) < 4.78 is 128. The minimum atomic E-state index is -5.15. The summed E-state index contributed by atoms with van der Waals surface area (Å²) >= 11 is 0. The summed E-state index contributed by atoms with van der Waals surface area (Å²) in [7, 11) is 0. The van der Waals surface area contributed by atoms with Gasteiger partial charge in [-0.2, -0.15) is 30.7 Å². The lowest BCUT2D eigenvalue weighted by atomic mass is 9.98.